The fraction of sp³-hybridized carbons (Fsp3) is 0.929. The van der Waals surface area contributed by atoms with Crippen LogP contribution in [0.3, 0.4) is 0 Å². The number of methoxy groups -OCH3 is 1. The molecule has 1 rings (SSSR count). The first-order valence-corrected chi connectivity index (χ1v) is 7.18. The molecule has 0 aromatic heterocycles. The van der Waals surface area contributed by atoms with Crippen LogP contribution in [0.15, 0.2) is 0 Å². The van der Waals surface area contributed by atoms with Crippen LogP contribution in [0.5, 0.6) is 0 Å². The Hall–Kier alpha value is -0.650. The van der Waals surface area contributed by atoms with Crippen molar-refractivity contribution < 1.29 is 14.6 Å². The van der Waals surface area contributed by atoms with Crippen molar-refractivity contribution >= 4 is 5.97 Å². The zero-order chi connectivity index (χ0) is 14.5. The summed E-state index contributed by atoms with van der Waals surface area (Å²) < 4.78 is 5.36. The average molecular weight is 272 g/mol. The Bertz CT molecular complexity index is 290. The minimum atomic E-state index is -0.841. The highest BCUT2D eigenvalue weighted by Crippen LogP contribution is 2.21. The van der Waals surface area contributed by atoms with Crippen LogP contribution in [0.4, 0.5) is 0 Å². The van der Waals surface area contributed by atoms with Gasteiger partial charge in [-0.15, -0.1) is 0 Å². The third kappa shape index (κ3) is 4.44. The number of hydrogen-bond donors (Lipinski definition) is 2. The zero-order valence-electron chi connectivity index (χ0n) is 12.6. The van der Waals surface area contributed by atoms with E-state index in [1.807, 2.05) is 6.92 Å². The molecule has 1 heterocycles. The van der Waals surface area contributed by atoms with E-state index in [2.05, 4.69) is 17.1 Å². The molecule has 0 radical (unpaired) electrons. The Balaban J connectivity index is 2.53. The zero-order valence-corrected chi connectivity index (χ0v) is 12.6. The quantitative estimate of drug-likeness (QED) is 0.732. The van der Waals surface area contributed by atoms with Gasteiger partial charge in [0.25, 0.3) is 0 Å². The van der Waals surface area contributed by atoms with Crippen molar-refractivity contribution in [3.8, 4) is 0 Å². The second-order valence-electron chi connectivity index (χ2n) is 5.69. The molecule has 2 N–H and O–H groups in total. The summed E-state index contributed by atoms with van der Waals surface area (Å²) >= 11 is 0. The molecule has 5 heteroatoms. The van der Waals surface area contributed by atoms with Gasteiger partial charge in [0.15, 0.2) is 0 Å². The molecule has 0 spiro atoms. The van der Waals surface area contributed by atoms with Gasteiger partial charge >= 0.3 is 5.97 Å². The molecule has 0 saturated carbocycles. The highest BCUT2D eigenvalue weighted by atomic mass is 16.5. The number of likely N-dealkylation sites (N-methyl/N-ethyl adjacent to an activating group) is 1. The predicted molar refractivity (Wildman–Crippen MR) is 75.4 cm³/mol. The Kier molecular flexibility index (Phi) is 6.23. The topological polar surface area (TPSA) is 61.8 Å². The highest BCUT2D eigenvalue weighted by molar-refractivity contribution is 5.78. The van der Waals surface area contributed by atoms with Crippen molar-refractivity contribution in [3.63, 3.8) is 0 Å². The lowest BCUT2D eigenvalue weighted by molar-refractivity contribution is -0.145. The molecule has 0 bridgehead atoms. The first kappa shape index (κ1) is 16.4. The molecule has 0 aromatic rings. The Labute approximate surface area is 116 Å². The summed E-state index contributed by atoms with van der Waals surface area (Å²) in [5.74, 6) is -0.770. The fourth-order valence-electron chi connectivity index (χ4n) is 2.90. The van der Waals surface area contributed by atoms with Crippen LogP contribution >= 0.6 is 0 Å². The predicted octanol–water partition coefficient (Wildman–Crippen LogP) is 1.33. The Morgan fingerprint density at radius 1 is 1.53 bits per heavy atom. The molecule has 2 unspecified atom stereocenters. The van der Waals surface area contributed by atoms with E-state index in [1.54, 1.807) is 14.0 Å². The molecule has 0 aliphatic carbocycles. The lowest BCUT2D eigenvalue weighted by Crippen LogP contribution is -2.54. The van der Waals surface area contributed by atoms with Gasteiger partial charge in [-0.05, 0) is 39.7 Å². The molecule has 5 nitrogen and oxygen atoms in total. The SMILES string of the molecule is CCNC(C)(CC(C)N1CCC(OC)CC1)C(=O)O. The number of carbonyl (C=O) groups is 1. The Morgan fingerprint density at radius 2 is 2.11 bits per heavy atom. The average Bonchev–Trinajstić information content (AvgIpc) is 2.38. The van der Waals surface area contributed by atoms with Crippen molar-refractivity contribution in [3.05, 3.63) is 0 Å². The third-order valence-electron chi connectivity index (χ3n) is 4.18. The second-order valence-corrected chi connectivity index (χ2v) is 5.69. The Morgan fingerprint density at radius 3 is 2.53 bits per heavy atom. The van der Waals surface area contributed by atoms with Crippen molar-refractivity contribution in [1.82, 2.24) is 10.2 Å². The summed E-state index contributed by atoms with van der Waals surface area (Å²) in [5, 5.41) is 12.5. The van der Waals surface area contributed by atoms with Gasteiger partial charge in [0.1, 0.15) is 5.54 Å². The summed E-state index contributed by atoms with van der Waals surface area (Å²) in [7, 11) is 1.76. The first-order chi connectivity index (χ1) is 8.92. The highest BCUT2D eigenvalue weighted by Gasteiger charge is 2.35. The molecule has 0 amide bonds. The van der Waals surface area contributed by atoms with Crippen LogP contribution in [0, 0.1) is 0 Å². The van der Waals surface area contributed by atoms with E-state index in [4.69, 9.17) is 4.74 Å². The van der Waals surface area contributed by atoms with Crippen LogP contribution in [0.2, 0.25) is 0 Å². The summed E-state index contributed by atoms with van der Waals surface area (Å²) in [6.45, 7) is 8.48. The van der Waals surface area contributed by atoms with Gasteiger partial charge in [-0.2, -0.15) is 0 Å². The number of carboxylic acid groups (broad SMARTS) is 1. The molecule has 1 aliphatic heterocycles. The number of nitrogens with one attached hydrogen (secondary N) is 1. The fourth-order valence-corrected chi connectivity index (χ4v) is 2.90. The molecule has 19 heavy (non-hydrogen) atoms. The number of ether oxygens (including phenoxy) is 1. The maximum atomic E-state index is 11.4. The molecule has 1 saturated heterocycles. The van der Waals surface area contributed by atoms with Crippen LogP contribution < -0.4 is 5.32 Å². The van der Waals surface area contributed by atoms with Crippen molar-refractivity contribution in [2.75, 3.05) is 26.7 Å². The number of piperidine rings is 1. The second kappa shape index (κ2) is 7.22. The van der Waals surface area contributed by atoms with E-state index in [0.29, 0.717) is 19.1 Å². The van der Waals surface area contributed by atoms with E-state index in [-0.39, 0.29) is 6.04 Å². The number of aliphatic carboxylic acids is 1. The molecular weight excluding hydrogens is 244 g/mol. The number of nitrogens with zero attached hydrogens (tertiary/aromatic N) is 1. The van der Waals surface area contributed by atoms with E-state index < -0.39 is 11.5 Å². The lowest BCUT2D eigenvalue weighted by Gasteiger charge is -2.38. The normalized spacial score (nSPS) is 22.9. The van der Waals surface area contributed by atoms with Crippen molar-refractivity contribution in [2.24, 2.45) is 0 Å². The smallest absolute Gasteiger partial charge is 0.323 e. The summed E-state index contributed by atoms with van der Waals surface area (Å²) in [6, 6.07) is 0.262. The number of hydrogen-bond acceptors (Lipinski definition) is 4. The largest absolute Gasteiger partial charge is 0.480 e. The first-order valence-electron chi connectivity index (χ1n) is 7.18. The van der Waals surface area contributed by atoms with Gasteiger partial charge in [-0.3, -0.25) is 4.79 Å². The molecule has 0 aromatic carbocycles. The van der Waals surface area contributed by atoms with Gasteiger partial charge in [0.2, 0.25) is 0 Å². The van der Waals surface area contributed by atoms with Gasteiger partial charge in [-0.1, -0.05) is 6.92 Å². The molecule has 112 valence electrons. The number of likely N-dealkylation sites (tertiary alicyclic amines) is 1. The molecule has 2 atom stereocenters. The summed E-state index contributed by atoms with van der Waals surface area (Å²) in [4.78, 5) is 13.8. The van der Waals surface area contributed by atoms with Gasteiger partial charge in [-0.25, -0.2) is 0 Å². The lowest BCUT2D eigenvalue weighted by atomic mass is 9.91. The van der Waals surface area contributed by atoms with Crippen molar-refractivity contribution in [2.45, 2.75) is 57.7 Å². The minimum Gasteiger partial charge on any atom is -0.480 e. The minimum absolute atomic E-state index is 0.262. The van der Waals surface area contributed by atoms with Gasteiger partial charge < -0.3 is 20.1 Å². The van der Waals surface area contributed by atoms with Crippen LogP contribution in [-0.2, 0) is 9.53 Å². The monoisotopic (exact) mass is 272 g/mol. The number of rotatable bonds is 7. The molecule has 1 fully saturated rings. The van der Waals surface area contributed by atoms with Crippen LogP contribution in [0.1, 0.15) is 40.0 Å². The van der Waals surface area contributed by atoms with E-state index >= 15 is 0 Å². The van der Waals surface area contributed by atoms with E-state index in [1.165, 1.54) is 0 Å². The summed E-state index contributed by atoms with van der Waals surface area (Å²) in [5.41, 5.74) is -0.841. The van der Waals surface area contributed by atoms with Gasteiger partial charge in [0.05, 0.1) is 6.10 Å². The summed E-state index contributed by atoms with van der Waals surface area (Å²) in [6.07, 6.45) is 3.05. The maximum Gasteiger partial charge on any atom is 0.323 e. The number of carboxylic acids is 1. The standard InChI is InChI=1S/C14H28N2O3/c1-5-15-14(3,13(17)18)10-11(2)16-8-6-12(19-4)7-9-16/h11-12,15H,5-10H2,1-4H3,(H,17,18). The molecular formula is C14H28N2O3. The van der Waals surface area contributed by atoms with E-state index in [9.17, 15) is 9.90 Å². The maximum absolute atomic E-state index is 11.4. The van der Waals surface area contributed by atoms with Gasteiger partial charge in [0, 0.05) is 26.2 Å². The van der Waals surface area contributed by atoms with Crippen LogP contribution in [0.25, 0.3) is 0 Å². The van der Waals surface area contributed by atoms with E-state index in [0.717, 1.165) is 25.9 Å². The molecule has 1 aliphatic rings. The van der Waals surface area contributed by atoms with Crippen LogP contribution in [-0.4, -0.2) is 60.4 Å². The third-order valence-corrected chi connectivity index (χ3v) is 4.18. The van der Waals surface area contributed by atoms with Crippen molar-refractivity contribution in [1.29, 1.82) is 0 Å².